The van der Waals surface area contributed by atoms with E-state index in [-0.39, 0.29) is 5.78 Å². The molecule has 0 radical (unpaired) electrons. The van der Waals surface area contributed by atoms with Gasteiger partial charge in [0.2, 0.25) is 0 Å². The Morgan fingerprint density at radius 1 is 1.24 bits per heavy atom. The molecule has 0 saturated heterocycles. The Labute approximate surface area is 130 Å². The molecule has 0 spiro atoms. The molecular formula is C18H18ClNO. The summed E-state index contributed by atoms with van der Waals surface area (Å²) in [6, 6.07) is 15.9. The van der Waals surface area contributed by atoms with Crippen molar-refractivity contribution in [3.63, 3.8) is 0 Å². The van der Waals surface area contributed by atoms with Crippen molar-refractivity contribution in [2.45, 2.75) is 25.8 Å². The largest absolute Gasteiger partial charge is 0.361 e. The van der Waals surface area contributed by atoms with Crippen LogP contribution in [-0.2, 0) is 6.42 Å². The third-order valence-electron chi connectivity index (χ3n) is 4.13. The van der Waals surface area contributed by atoms with E-state index in [4.69, 9.17) is 11.6 Å². The maximum absolute atomic E-state index is 12.5. The van der Waals surface area contributed by atoms with E-state index in [9.17, 15) is 4.79 Å². The first-order valence-electron chi connectivity index (χ1n) is 7.28. The number of anilines is 1. The van der Waals surface area contributed by atoms with Gasteiger partial charge in [-0.15, -0.1) is 0 Å². The second kappa shape index (κ2) is 5.90. The number of aryl methyl sites for hydroxylation is 1. The Morgan fingerprint density at radius 3 is 2.86 bits per heavy atom. The summed E-state index contributed by atoms with van der Waals surface area (Å²) >= 11 is 5.98. The molecule has 1 aliphatic rings. The van der Waals surface area contributed by atoms with Crippen LogP contribution >= 0.6 is 11.6 Å². The number of carbonyl (C=O) groups is 1. The van der Waals surface area contributed by atoms with Crippen molar-refractivity contribution in [3.8, 4) is 0 Å². The molecule has 0 N–H and O–H groups in total. The molecule has 1 heterocycles. The normalized spacial score (nSPS) is 17.4. The lowest BCUT2D eigenvalue weighted by atomic mass is 9.96. The van der Waals surface area contributed by atoms with E-state index in [1.165, 1.54) is 11.3 Å². The minimum atomic E-state index is 0.112. The molecule has 3 heteroatoms. The smallest absolute Gasteiger partial charge is 0.182 e. The van der Waals surface area contributed by atoms with Crippen molar-refractivity contribution < 1.29 is 4.79 Å². The topological polar surface area (TPSA) is 20.3 Å². The number of carbonyl (C=O) groups excluding carboxylic acids is 1. The first kappa shape index (κ1) is 14.2. The predicted molar refractivity (Wildman–Crippen MR) is 87.4 cm³/mol. The second-order valence-corrected chi connectivity index (χ2v) is 6.01. The Kier molecular flexibility index (Phi) is 3.98. The van der Waals surface area contributed by atoms with Crippen molar-refractivity contribution in [2.75, 3.05) is 11.4 Å². The molecular weight excluding hydrogens is 282 g/mol. The summed E-state index contributed by atoms with van der Waals surface area (Å²) in [5.41, 5.74) is 3.19. The second-order valence-electron chi connectivity index (χ2n) is 5.58. The average Bonchev–Trinajstić information content (AvgIpc) is 2.50. The molecule has 0 saturated carbocycles. The molecule has 0 bridgehead atoms. The van der Waals surface area contributed by atoms with Gasteiger partial charge >= 0.3 is 0 Å². The Morgan fingerprint density at radius 2 is 2.05 bits per heavy atom. The maximum Gasteiger partial charge on any atom is 0.182 e. The molecule has 0 aromatic heterocycles. The van der Waals surface area contributed by atoms with Crippen molar-refractivity contribution in [3.05, 3.63) is 64.7 Å². The SMILES string of the molecule is CC1CCc2ccccc2N1CC(=O)c1cccc(Cl)c1. The molecule has 3 rings (SSSR count). The van der Waals surface area contributed by atoms with E-state index in [1.807, 2.05) is 18.2 Å². The van der Waals surface area contributed by atoms with E-state index in [0.717, 1.165) is 12.8 Å². The first-order chi connectivity index (χ1) is 10.1. The van der Waals surface area contributed by atoms with Gasteiger partial charge in [-0.05, 0) is 43.5 Å². The van der Waals surface area contributed by atoms with Crippen LogP contribution in [0, 0.1) is 0 Å². The number of fused-ring (bicyclic) bond motifs is 1. The summed E-state index contributed by atoms with van der Waals surface area (Å²) in [6.45, 7) is 2.58. The van der Waals surface area contributed by atoms with E-state index in [0.29, 0.717) is 23.2 Å². The zero-order chi connectivity index (χ0) is 14.8. The predicted octanol–water partition coefficient (Wildman–Crippen LogP) is 4.36. The van der Waals surface area contributed by atoms with Crippen LogP contribution < -0.4 is 4.90 Å². The number of Topliss-reactive ketones (excluding diaryl/α,β-unsaturated/α-hetero) is 1. The fraction of sp³-hybridized carbons (Fsp3) is 0.278. The summed E-state index contributed by atoms with van der Waals surface area (Å²) in [6.07, 6.45) is 2.17. The van der Waals surface area contributed by atoms with Crippen LogP contribution in [0.4, 0.5) is 5.69 Å². The molecule has 2 aromatic rings. The fourth-order valence-corrected chi connectivity index (χ4v) is 3.10. The summed E-state index contributed by atoms with van der Waals surface area (Å²) in [4.78, 5) is 14.7. The van der Waals surface area contributed by atoms with E-state index in [2.05, 4.69) is 30.0 Å². The highest BCUT2D eigenvalue weighted by molar-refractivity contribution is 6.31. The van der Waals surface area contributed by atoms with Crippen LogP contribution in [0.25, 0.3) is 0 Å². The summed E-state index contributed by atoms with van der Waals surface area (Å²) < 4.78 is 0. The fourth-order valence-electron chi connectivity index (χ4n) is 2.91. The Bertz CT molecular complexity index is 668. The lowest BCUT2D eigenvalue weighted by molar-refractivity contribution is 0.0996. The highest BCUT2D eigenvalue weighted by Crippen LogP contribution is 2.30. The third kappa shape index (κ3) is 2.96. The first-order valence-corrected chi connectivity index (χ1v) is 7.66. The maximum atomic E-state index is 12.5. The molecule has 1 atom stereocenters. The highest BCUT2D eigenvalue weighted by atomic mass is 35.5. The van der Waals surface area contributed by atoms with Crippen LogP contribution in [-0.4, -0.2) is 18.4 Å². The molecule has 2 nitrogen and oxygen atoms in total. The lowest BCUT2D eigenvalue weighted by Gasteiger charge is -2.36. The van der Waals surface area contributed by atoms with Crippen molar-refractivity contribution >= 4 is 23.1 Å². The van der Waals surface area contributed by atoms with Crippen LogP contribution in [0.3, 0.4) is 0 Å². The standard InChI is InChI=1S/C18H18ClNO/c1-13-9-10-14-5-2-3-8-17(14)20(13)12-18(21)15-6-4-7-16(19)11-15/h2-8,11,13H,9-10,12H2,1H3. The van der Waals surface area contributed by atoms with Gasteiger partial charge in [0.25, 0.3) is 0 Å². The van der Waals surface area contributed by atoms with Gasteiger partial charge in [-0.25, -0.2) is 0 Å². The van der Waals surface area contributed by atoms with Crippen LogP contribution in [0.15, 0.2) is 48.5 Å². The lowest BCUT2D eigenvalue weighted by Crippen LogP contribution is -2.40. The zero-order valence-corrected chi connectivity index (χ0v) is 12.8. The van der Waals surface area contributed by atoms with E-state index >= 15 is 0 Å². The Balaban J connectivity index is 1.86. The zero-order valence-electron chi connectivity index (χ0n) is 12.1. The van der Waals surface area contributed by atoms with Gasteiger partial charge in [0, 0.05) is 22.3 Å². The molecule has 108 valence electrons. The molecule has 0 amide bonds. The number of ketones is 1. The van der Waals surface area contributed by atoms with Gasteiger partial charge < -0.3 is 4.90 Å². The molecule has 0 aliphatic carbocycles. The number of hydrogen-bond acceptors (Lipinski definition) is 2. The van der Waals surface area contributed by atoms with Crippen LogP contribution in [0.1, 0.15) is 29.3 Å². The number of para-hydroxylation sites is 1. The average molecular weight is 300 g/mol. The number of rotatable bonds is 3. The molecule has 1 aliphatic heterocycles. The molecule has 2 aromatic carbocycles. The van der Waals surface area contributed by atoms with Gasteiger partial charge in [0.15, 0.2) is 5.78 Å². The number of benzene rings is 2. The quantitative estimate of drug-likeness (QED) is 0.785. The van der Waals surface area contributed by atoms with Gasteiger partial charge in [-0.2, -0.15) is 0 Å². The van der Waals surface area contributed by atoms with Crippen LogP contribution in [0.5, 0.6) is 0 Å². The minimum absolute atomic E-state index is 0.112. The van der Waals surface area contributed by atoms with Gasteiger partial charge in [-0.1, -0.05) is 41.9 Å². The van der Waals surface area contributed by atoms with Gasteiger partial charge in [-0.3, -0.25) is 4.79 Å². The monoisotopic (exact) mass is 299 g/mol. The molecule has 1 unspecified atom stereocenters. The van der Waals surface area contributed by atoms with Crippen molar-refractivity contribution in [1.82, 2.24) is 0 Å². The van der Waals surface area contributed by atoms with Gasteiger partial charge in [0.1, 0.15) is 0 Å². The summed E-state index contributed by atoms with van der Waals surface area (Å²) in [7, 11) is 0. The summed E-state index contributed by atoms with van der Waals surface area (Å²) in [5.74, 6) is 0.112. The Hall–Kier alpha value is -1.80. The number of hydrogen-bond donors (Lipinski definition) is 0. The molecule has 0 fully saturated rings. The number of halogens is 1. The van der Waals surface area contributed by atoms with E-state index in [1.54, 1.807) is 12.1 Å². The summed E-state index contributed by atoms with van der Waals surface area (Å²) in [5, 5.41) is 0.605. The minimum Gasteiger partial charge on any atom is -0.361 e. The van der Waals surface area contributed by atoms with Gasteiger partial charge in [0.05, 0.1) is 6.54 Å². The van der Waals surface area contributed by atoms with Crippen molar-refractivity contribution in [1.29, 1.82) is 0 Å². The van der Waals surface area contributed by atoms with Crippen molar-refractivity contribution in [2.24, 2.45) is 0 Å². The number of nitrogens with zero attached hydrogens (tertiary/aromatic N) is 1. The van der Waals surface area contributed by atoms with Crippen LogP contribution in [0.2, 0.25) is 5.02 Å². The third-order valence-corrected chi connectivity index (χ3v) is 4.36. The highest BCUT2D eigenvalue weighted by Gasteiger charge is 2.24. The van der Waals surface area contributed by atoms with E-state index < -0.39 is 0 Å². The molecule has 21 heavy (non-hydrogen) atoms.